The Morgan fingerprint density at radius 3 is 2.67 bits per heavy atom. The minimum Gasteiger partial charge on any atom is -0.497 e. The summed E-state index contributed by atoms with van der Waals surface area (Å²) in [5.41, 5.74) is 1.00. The summed E-state index contributed by atoms with van der Waals surface area (Å²) in [5.74, 6) is 1.36. The van der Waals surface area contributed by atoms with Crippen LogP contribution in [0.5, 0.6) is 11.5 Å². The van der Waals surface area contributed by atoms with Crippen molar-refractivity contribution in [1.29, 1.82) is 0 Å². The molecule has 0 bridgehead atoms. The summed E-state index contributed by atoms with van der Waals surface area (Å²) in [6, 6.07) is 5.72. The maximum Gasteiger partial charge on any atom is 0.228 e. The van der Waals surface area contributed by atoms with Crippen LogP contribution in [0.1, 0.15) is 30.9 Å². The smallest absolute Gasteiger partial charge is 0.228 e. The Morgan fingerprint density at radius 1 is 1.25 bits per heavy atom. The second-order valence-electron chi connectivity index (χ2n) is 6.47. The number of methoxy groups -OCH3 is 2. The van der Waals surface area contributed by atoms with E-state index in [1.807, 2.05) is 23.1 Å². The fourth-order valence-corrected chi connectivity index (χ4v) is 3.71. The predicted molar refractivity (Wildman–Crippen MR) is 89.0 cm³/mol. The average molecular weight is 332 g/mol. The Balaban J connectivity index is 1.83. The van der Waals surface area contributed by atoms with Gasteiger partial charge >= 0.3 is 0 Å². The van der Waals surface area contributed by atoms with E-state index < -0.39 is 0 Å². The molecule has 2 aliphatic rings. The quantitative estimate of drug-likeness (QED) is 0.844. The molecule has 0 unspecified atom stereocenters. The number of hydrogen-bond donors (Lipinski definition) is 0. The number of carbonyl (C=O) groups excluding carboxylic acids is 2. The molecule has 1 aromatic rings. The molecule has 2 aliphatic heterocycles. The molecule has 2 saturated heterocycles. The number of benzene rings is 1. The standard InChI is InChI=1S/C18H24N2O4/c1-19-11-12(9-17(19)21)18(22)20-8-4-5-15(20)14-7-6-13(23-2)10-16(14)24-3/h6-7,10,12,15H,4-5,8-9,11H2,1-3H3/t12-,15+/m1/s1. The third-order valence-electron chi connectivity index (χ3n) is 5.03. The highest BCUT2D eigenvalue weighted by molar-refractivity contribution is 5.89. The Hall–Kier alpha value is -2.24. The Morgan fingerprint density at radius 2 is 2.04 bits per heavy atom. The highest BCUT2D eigenvalue weighted by Gasteiger charge is 2.39. The van der Waals surface area contributed by atoms with Crippen molar-refractivity contribution >= 4 is 11.8 Å². The summed E-state index contributed by atoms with van der Waals surface area (Å²) in [6.45, 7) is 1.24. The van der Waals surface area contributed by atoms with Crippen LogP contribution in [-0.2, 0) is 9.59 Å². The SMILES string of the molecule is COc1ccc([C@@H]2CCCN2C(=O)[C@@H]2CC(=O)N(C)C2)c(OC)c1. The molecule has 130 valence electrons. The molecule has 0 saturated carbocycles. The van der Waals surface area contributed by atoms with Crippen molar-refractivity contribution < 1.29 is 19.1 Å². The van der Waals surface area contributed by atoms with E-state index >= 15 is 0 Å². The van der Waals surface area contributed by atoms with Crippen LogP contribution < -0.4 is 9.47 Å². The van der Waals surface area contributed by atoms with Crippen LogP contribution in [0.4, 0.5) is 0 Å². The van der Waals surface area contributed by atoms with Crippen molar-refractivity contribution in [3.8, 4) is 11.5 Å². The van der Waals surface area contributed by atoms with Gasteiger partial charge in [-0.15, -0.1) is 0 Å². The van der Waals surface area contributed by atoms with Gasteiger partial charge in [0, 0.05) is 38.2 Å². The molecule has 2 amide bonds. The zero-order chi connectivity index (χ0) is 17.3. The number of ether oxygens (including phenoxy) is 2. The van der Waals surface area contributed by atoms with Crippen molar-refractivity contribution in [3.05, 3.63) is 23.8 Å². The summed E-state index contributed by atoms with van der Waals surface area (Å²) in [7, 11) is 5.00. The van der Waals surface area contributed by atoms with E-state index in [-0.39, 0.29) is 23.8 Å². The van der Waals surface area contributed by atoms with Gasteiger partial charge in [-0.25, -0.2) is 0 Å². The number of carbonyl (C=O) groups is 2. The van der Waals surface area contributed by atoms with Crippen LogP contribution in [-0.4, -0.2) is 56.0 Å². The van der Waals surface area contributed by atoms with E-state index in [0.29, 0.717) is 13.0 Å². The van der Waals surface area contributed by atoms with Crippen LogP contribution in [0.2, 0.25) is 0 Å². The van der Waals surface area contributed by atoms with Gasteiger partial charge in [0.2, 0.25) is 11.8 Å². The summed E-state index contributed by atoms with van der Waals surface area (Å²) in [5, 5.41) is 0. The van der Waals surface area contributed by atoms with E-state index in [1.54, 1.807) is 26.2 Å². The first kappa shape index (κ1) is 16.6. The molecule has 6 heteroatoms. The third-order valence-corrected chi connectivity index (χ3v) is 5.03. The van der Waals surface area contributed by atoms with Crippen molar-refractivity contribution in [2.24, 2.45) is 5.92 Å². The van der Waals surface area contributed by atoms with Gasteiger partial charge in [-0.1, -0.05) is 0 Å². The fourth-order valence-electron chi connectivity index (χ4n) is 3.71. The van der Waals surface area contributed by atoms with Gasteiger partial charge in [-0.3, -0.25) is 9.59 Å². The highest BCUT2D eigenvalue weighted by atomic mass is 16.5. The van der Waals surface area contributed by atoms with Crippen molar-refractivity contribution in [1.82, 2.24) is 9.80 Å². The first-order valence-electron chi connectivity index (χ1n) is 8.31. The maximum absolute atomic E-state index is 12.9. The largest absolute Gasteiger partial charge is 0.497 e. The molecule has 0 aliphatic carbocycles. The van der Waals surface area contributed by atoms with E-state index in [1.165, 1.54) is 0 Å². The molecular formula is C18H24N2O4. The first-order valence-corrected chi connectivity index (χ1v) is 8.31. The van der Waals surface area contributed by atoms with Gasteiger partial charge in [0.1, 0.15) is 11.5 Å². The Labute approximate surface area is 142 Å². The fraction of sp³-hybridized carbons (Fsp3) is 0.556. The van der Waals surface area contributed by atoms with Gasteiger partial charge in [-0.2, -0.15) is 0 Å². The number of amides is 2. The number of rotatable bonds is 4. The van der Waals surface area contributed by atoms with Gasteiger partial charge in [-0.05, 0) is 25.0 Å². The summed E-state index contributed by atoms with van der Waals surface area (Å²) < 4.78 is 10.8. The van der Waals surface area contributed by atoms with Gasteiger partial charge in [0.25, 0.3) is 0 Å². The zero-order valence-electron chi connectivity index (χ0n) is 14.4. The predicted octanol–water partition coefficient (Wildman–Crippen LogP) is 1.85. The van der Waals surface area contributed by atoms with E-state index in [4.69, 9.17) is 9.47 Å². The molecule has 2 heterocycles. The van der Waals surface area contributed by atoms with E-state index in [2.05, 4.69) is 0 Å². The number of likely N-dealkylation sites (tertiary alicyclic amines) is 2. The van der Waals surface area contributed by atoms with Gasteiger partial charge in [0.15, 0.2) is 0 Å². The first-order chi connectivity index (χ1) is 11.5. The lowest BCUT2D eigenvalue weighted by Crippen LogP contribution is -2.36. The molecule has 6 nitrogen and oxygen atoms in total. The monoisotopic (exact) mass is 332 g/mol. The van der Waals surface area contributed by atoms with Crippen molar-refractivity contribution in [2.75, 3.05) is 34.4 Å². The molecule has 1 aromatic carbocycles. The Bertz CT molecular complexity index is 646. The third kappa shape index (κ3) is 2.92. The lowest BCUT2D eigenvalue weighted by Gasteiger charge is -2.28. The lowest BCUT2D eigenvalue weighted by molar-refractivity contribution is -0.136. The highest BCUT2D eigenvalue weighted by Crippen LogP contribution is 2.39. The summed E-state index contributed by atoms with van der Waals surface area (Å²) >= 11 is 0. The molecule has 0 aromatic heterocycles. The molecule has 0 radical (unpaired) electrons. The zero-order valence-corrected chi connectivity index (χ0v) is 14.4. The second-order valence-corrected chi connectivity index (χ2v) is 6.47. The number of hydrogen-bond acceptors (Lipinski definition) is 4. The molecule has 24 heavy (non-hydrogen) atoms. The summed E-state index contributed by atoms with van der Waals surface area (Å²) in [4.78, 5) is 28.2. The molecule has 0 N–H and O–H groups in total. The van der Waals surface area contributed by atoms with Gasteiger partial charge in [0.05, 0.1) is 26.2 Å². The molecule has 2 atom stereocenters. The molecule has 0 spiro atoms. The minimum atomic E-state index is -0.229. The van der Waals surface area contributed by atoms with Crippen LogP contribution >= 0.6 is 0 Å². The van der Waals surface area contributed by atoms with Crippen molar-refractivity contribution in [2.45, 2.75) is 25.3 Å². The summed E-state index contributed by atoms with van der Waals surface area (Å²) in [6.07, 6.45) is 2.19. The molecule has 2 fully saturated rings. The number of nitrogens with zero attached hydrogens (tertiary/aromatic N) is 2. The lowest BCUT2D eigenvalue weighted by atomic mass is 10.0. The van der Waals surface area contributed by atoms with Gasteiger partial charge < -0.3 is 19.3 Å². The normalized spacial score (nSPS) is 23.7. The van der Waals surface area contributed by atoms with Crippen LogP contribution in [0.3, 0.4) is 0 Å². The average Bonchev–Trinajstić information content (AvgIpc) is 3.20. The molecular weight excluding hydrogens is 308 g/mol. The van der Waals surface area contributed by atoms with Crippen LogP contribution in [0, 0.1) is 5.92 Å². The second kappa shape index (κ2) is 6.71. The Kier molecular flexibility index (Phi) is 4.64. The van der Waals surface area contributed by atoms with Crippen molar-refractivity contribution in [3.63, 3.8) is 0 Å². The maximum atomic E-state index is 12.9. The topological polar surface area (TPSA) is 59.1 Å². The van der Waals surface area contributed by atoms with Crippen LogP contribution in [0.15, 0.2) is 18.2 Å². The molecule has 3 rings (SSSR count). The van der Waals surface area contributed by atoms with E-state index in [0.717, 1.165) is 36.4 Å². The minimum absolute atomic E-state index is 0.000589. The van der Waals surface area contributed by atoms with Crippen LogP contribution in [0.25, 0.3) is 0 Å². The van der Waals surface area contributed by atoms with E-state index in [9.17, 15) is 9.59 Å².